The number of imidazole rings is 1. The number of fused-ring (bicyclic) bond motifs is 1. The van der Waals surface area contributed by atoms with Crippen molar-refractivity contribution in [3.63, 3.8) is 0 Å². The predicted molar refractivity (Wildman–Crippen MR) is 119 cm³/mol. The van der Waals surface area contributed by atoms with E-state index in [9.17, 15) is 4.79 Å². The molecule has 2 aromatic heterocycles. The van der Waals surface area contributed by atoms with E-state index in [4.69, 9.17) is 31.2 Å². The van der Waals surface area contributed by atoms with Gasteiger partial charge in [-0.3, -0.25) is 9.36 Å². The van der Waals surface area contributed by atoms with Gasteiger partial charge >= 0.3 is 5.97 Å². The van der Waals surface area contributed by atoms with Gasteiger partial charge in [-0.2, -0.15) is 0 Å². The molecular formula is C20H27N6O5S. The van der Waals surface area contributed by atoms with E-state index in [0.29, 0.717) is 28.8 Å². The number of thiocarbonyl (C=S) groups is 1. The summed E-state index contributed by atoms with van der Waals surface area (Å²) >= 11 is 5.16. The third-order valence-electron chi connectivity index (χ3n) is 5.10. The van der Waals surface area contributed by atoms with Gasteiger partial charge in [-0.25, -0.2) is 15.0 Å². The first-order chi connectivity index (χ1) is 15.5. The molecule has 0 unspecified atom stereocenters. The summed E-state index contributed by atoms with van der Waals surface area (Å²) in [4.78, 5) is 24.9. The van der Waals surface area contributed by atoms with Crippen LogP contribution in [0.15, 0.2) is 12.7 Å². The first-order valence-corrected chi connectivity index (χ1v) is 11.1. The van der Waals surface area contributed by atoms with Gasteiger partial charge in [-0.1, -0.05) is 6.92 Å². The van der Waals surface area contributed by atoms with Gasteiger partial charge in [0.15, 0.2) is 29.3 Å². The molecule has 1 radical (unpaired) electrons. The van der Waals surface area contributed by atoms with Crippen LogP contribution in [0.3, 0.4) is 0 Å². The number of hydrogen-bond acceptors (Lipinski definition) is 10. The quantitative estimate of drug-likeness (QED) is 0.436. The average molecular weight is 464 g/mol. The van der Waals surface area contributed by atoms with Gasteiger partial charge in [-0.05, 0) is 25.1 Å². The van der Waals surface area contributed by atoms with E-state index in [0.717, 1.165) is 26.0 Å². The molecule has 2 aliphatic heterocycles. The van der Waals surface area contributed by atoms with Crippen molar-refractivity contribution in [1.29, 1.82) is 0 Å². The number of carbonyl (C=O) groups is 1. The Hall–Kier alpha value is -2.57. The van der Waals surface area contributed by atoms with Gasteiger partial charge in [0.2, 0.25) is 0 Å². The van der Waals surface area contributed by atoms with Crippen molar-refractivity contribution in [3.8, 4) is 0 Å². The lowest BCUT2D eigenvalue weighted by Gasteiger charge is -2.20. The van der Waals surface area contributed by atoms with Gasteiger partial charge in [0.1, 0.15) is 19.0 Å². The zero-order chi connectivity index (χ0) is 22.5. The monoisotopic (exact) mass is 463 g/mol. The number of aromatic nitrogens is 4. The highest BCUT2D eigenvalue weighted by atomic mass is 32.1. The van der Waals surface area contributed by atoms with Crippen molar-refractivity contribution >= 4 is 40.3 Å². The molecule has 0 bridgehead atoms. The summed E-state index contributed by atoms with van der Waals surface area (Å²) in [6.07, 6.45) is 4.99. The van der Waals surface area contributed by atoms with Gasteiger partial charge in [0, 0.05) is 26.5 Å². The van der Waals surface area contributed by atoms with E-state index in [-0.39, 0.29) is 12.6 Å². The highest BCUT2D eigenvalue weighted by molar-refractivity contribution is 7.80. The van der Waals surface area contributed by atoms with E-state index < -0.39 is 24.4 Å². The molecule has 2 aliphatic rings. The van der Waals surface area contributed by atoms with Gasteiger partial charge in [0.25, 0.3) is 5.17 Å². The molecule has 4 heterocycles. The molecular weight excluding hydrogens is 436 g/mol. The van der Waals surface area contributed by atoms with E-state index in [1.807, 2.05) is 6.92 Å². The zero-order valence-electron chi connectivity index (χ0n) is 18.0. The molecule has 32 heavy (non-hydrogen) atoms. The highest BCUT2D eigenvalue weighted by Crippen LogP contribution is 2.33. The van der Waals surface area contributed by atoms with Crippen LogP contribution in [0.1, 0.15) is 32.9 Å². The number of nitrogens with one attached hydrogen (secondary N) is 2. The Morgan fingerprint density at radius 1 is 1.38 bits per heavy atom. The van der Waals surface area contributed by atoms with Crippen LogP contribution in [-0.4, -0.2) is 75.3 Å². The Balaban J connectivity index is 1.50. The SMILES string of the molecule is CCCNC(=S)OC[C@H]1[CH][C@@H](OC(C)=O)[C@H](n2cnc3c(N[C@@H]4CCOC4)ncnc32)O1. The maximum atomic E-state index is 11.7. The Morgan fingerprint density at radius 2 is 2.25 bits per heavy atom. The largest absolute Gasteiger partial charge is 0.468 e. The topological polar surface area (TPSA) is 122 Å². The zero-order valence-corrected chi connectivity index (χ0v) is 18.8. The second-order valence-corrected chi connectivity index (χ2v) is 7.98. The Kier molecular flexibility index (Phi) is 7.33. The lowest BCUT2D eigenvalue weighted by Crippen LogP contribution is -2.28. The number of hydrogen-bond donors (Lipinski definition) is 2. The maximum absolute atomic E-state index is 11.7. The van der Waals surface area contributed by atoms with Crippen molar-refractivity contribution in [3.05, 3.63) is 19.1 Å². The average Bonchev–Trinajstić information content (AvgIpc) is 3.50. The molecule has 12 heteroatoms. The first kappa shape index (κ1) is 22.6. The van der Waals surface area contributed by atoms with Crippen LogP contribution in [-0.2, 0) is 23.7 Å². The van der Waals surface area contributed by atoms with Gasteiger partial charge in [-0.15, -0.1) is 0 Å². The second kappa shape index (κ2) is 10.4. The second-order valence-electron chi connectivity index (χ2n) is 7.61. The Labute approximate surface area is 191 Å². The molecule has 0 aliphatic carbocycles. The molecule has 0 saturated carbocycles. The Bertz CT molecular complexity index is 950. The fraction of sp³-hybridized carbons (Fsp3) is 0.600. The van der Waals surface area contributed by atoms with Crippen molar-refractivity contribution in [2.24, 2.45) is 0 Å². The van der Waals surface area contributed by atoms with Crippen molar-refractivity contribution in [1.82, 2.24) is 24.8 Å². The van der Waals surface area contributed by atoms with Crippen LogP contribution in [0, 0.1) is 6.42 Å². The maximum Gasteiger partial charge on any atom is 0.303 e. The van der Waals surface area contributed by atoms with Gasteiger partial charge < -0.3 is 29.6 Å². The van der Waals surface area contributed by atoms with Crippen LogP contribution in [0.4, 0.5) is 5.82 Å². The summed E-state index contributed by atoms with van der Waals surface area (Å²) in [6.45, 7) is 5.67. The first-order valence-electron chi connectivity index (χ1n) is 10.6. The molecule has 0 amide bonds. The molecule has 2 saturated heterocycles. The fourth-order valence-electron chi connectivity index (χ4n) is 3.64. The number of nitrogens with zero attached hydrogens (tertiary/aromatic N) is 4. The lowest BCUT2D eigenvalue weighted by molar-refractivity contribution is -0.151. The summed E-state index contributed by atoms with van der Waals surface area (Å²) in [5.74, 6) is 0.215. The summed E-state index contributed by atoms with van der Waals surface area (Å²) in [5.41, 5.74) is 1.17. The summed E-state index contributed by atoms with van der Waals surface area (Å²) in [5, 5.41) is 6.68. The molecule has 173 valence electrons. The third-order valence-corrected chi connectivity index (χ3v) is 5.37. The highest BCUT2D eigenvalue weighted by Gasteiger charge is 2.40. The van der Waals surface area contributed by atoms with Crippen LogP contribution in [0.25, 0.3) is 11.2 Å². The van der Waals surface area contributed by atoms with Crippen molar-refractivity contribution in [2.45, 2.75) is 51.2 Å². The van der Waals surface area contributed by atoms with Crippen molar-refractivity contribution < 1.29 is 23.7 Å². The molecule has 2 aromatic rings. The number of ether oxygens (including phenoxy) is 4. The number of anilines is 1. The number of carbonyl (C=O) groups excluding carboxylic acids is 1. The summed E-state index contributed by atoms with van der Waals surface area (Å²) < 4.78 is 24.4. The smallest absolute Gasteiger partial charge is 0.303 e. The van der Waals surface area contributed by atoms with E-state index in [2.05, 4.69) is 25.6 Å². The summed E-state index contributed by atoms with van der Waals surface area (Å²) in [6, 6.07) is 0.176. The fourth-order valence-corrected chi connectivity index (χ4v) is 3.81. The lowest BCUT2D eigenvalue weighted by atomic mass is 10.2. The molecule has 2 N–H and O–H groups in total. The van der Waals surface area contributed by atoms with Crippen LogP contribution < -0.4 is 10.6 Å². The molecule has 4 rings (SSSR count). The molecule has 2 fully saturated rings. The minimum atomic E-state index is -0.646. The van der Waals surface area contributed by atoms with Crippen LogP contribution in [0.2, 0.25) is 0 Å². The van der Waals surface area contributed by atoms with E-state index >= 15 is 0 Å². The van der Waals surface area contributed by atoms with Crippen molar-refractivity contribution in [2.75, 3.05) is 31.7 Å². The normalized spacial score (nSPS) is 25.1. The number of rotatable bonds is 8. The molecule has 11 nitrogen and oxygen atoms in total. The molecule has 0 spiro atoms. The minimum absolute atomic E-state index is 0.176. The predicted octanol–water partition coefficient (Wildman–Crippen LogP) is 1.36. The Morgan fingerprint density at radius 3 is 3.00 bits per heavy atom. The molecule has 4 atom stereocenters. The molecule has 0 aromatic carbocycles. The van der Waals surface area contributed by atoms with Crippen LogP contribution in [0.5, 0.6) is 0 Å². The summed E-state index contributed by atoms with van der Waals surface area (Å²) in [7, 11) is 0. The van der Waals surface area contributed by atoms with Gasteiger partial charge in [0.05, 0.1) is 19.0 Å². The van der Waals surface area contributed by atoms with Crippen LogP contribution >= 0.6 is 12.2 Å². The van der Waals surface area contributed by atoms with E-state index in [1.165, 1.54) is 13.3 Å². The third kappa shape index (κ3) is 5.25. The van der Waals surface area contributed by atoms with E-state index in [1.54, 1.807) is 17.3 Å². The standard InChI is InChI=1S/C20H27N6O5S/c1-3-5-21-20(32)29-9-14-7-15(30-12(2)27)19(31-14)26-11-24-16-17(22-10-23-18(16)26)25-13-4-6-28-8-13/h7,10-11,13-15,19H,3-6,8-9H2,1-2H3,(H,21,32)(H,22,23,25)/t13-,14-,15-,19-/m1/s1. The number of esters is 1. The minimum Gasteiger partial charge on any atom is -0.468 e.